The van der Waals surface area contributed by atoms with E-state index in [-0.39, 0.29) is 5.82 Å². The van der Waals surface area contributed by atoms with Gasteiger partial charge in [-0.3, -0.25) is 0 Å². The second kappa shape index (κ2) is 5.44. The lowest BCUT2D eigenvalue weighted by molar-refractivity contribution is 0.601. The maximum atomic E-state index is 13.5. The van der Waals surface area contributed by atoms with Crippen LogP contribution in [0, 0.1) is 17.1 Å². The minimum Gasteiger partial charge on any atom is -0.316 e. The molecule has 0 saturated carbocycles. The van der Waals surface area contributed by atoms with Crippen molar-refractivity contribution in [1.29, 1.82) is 5.26 Å². The molecule has 90 valence electrons. The molecule has 0 spiro atoms. The highest BCUT2D eigenvalue weighted by Gasteiger charge is 2.05. The summed E-state index contributed by atoms with van der Waals surface area (Å²) in [6, 6.07) is 14.4. The minimum absolute atomic E-state index is 0.218. The Kier molecular flexibility index (Phi) is 3.71. The molecule has 0 heterocycles. The molecule has 0 amide bonds. The van der Waals surface area contributed by atoms with E-state index in [1.165, 1.54) is 6.07 Å². The van der Waals surface area contributed by atoms with Crippen molar-refractivity contribution in [3.63, 3.8) is 0 Å². The van der Waals surface area contributed by atoms with Crippen LogP contribution < -0.4 is 5.32 Å². The SMILES string of the molecule is CNCc1cc(-c2cccc(C#N)c2)ccc1F. The fourth-order valence-corrected chi connectivity index (χ4v) is 1.85. The largest absolute Gasteiger partial charge is 0.316 e. The molecule has 0 unspecified atom stereocenters. The Morgan fingerprint density at radius 1 is 1.17 bits per heavy atom. The van der Waals surface area contributed by atoms with Crippen molar-refractivity contribution in [1.82, 2.24) is 5.32 Å². The van der Waals surface area contributed by atoms with Crippen LogP contribution in [0.25, 0.3) is 11.1 Å². The van der Waals surface area contributed by atoms with E-state index in [0.29, 0.717) is 17.7 Å². The van der Waals surface area contributed by atoms with Gasteiger partial charge in [0.2, 0.25) is 0 Å². The first-order valence-electron chi connectivity index (χ1n) is 5.68. The normalized spacial score (nSPS) is 10.1. The molecule has 2 nitrogen and oxygen atoms in total. The lowest BCUT2D eigenvalue weighted by atomic mass is 10.0. The van der Waals surface area contributed by atoms with E-state index in [0.717, 1.165) is 11.1 Å². The van der Waals surface area contributed by atoms with Crippen LogP contribution >= 0.6 is 0 Å². The summed E-state index contributed by atoms with van der Waals surface area (Å²) in [5, 5.41) is 11.8. The molecule has 2 rings (SSSR count). The van der Waals surface area contributed by atoms with Crippen molar-refractivity contribution in [3.05, 3.63) is 59.4 Å². The van der Waals surface area contributed by atoms with Gasteiger partial charge in [0.1, 0.15) is 5.82 Å². The highest BCUT2D eigenvalue weighted by molar-refractivity contribution is 5.66. The van der Waals surface area contributed by atoms with Gasteiger partial charge in [0.15, 0.2) is 0 Å². The first-order chi connectivity index (χ1) is 8.74. The van der Waals surface area contributed by atoms with Crippen molar-refractivity contribution < 1.29 is 4.39 Å². The van der Waals surface area contributed by atoms with Gasteiger partial charge in [0.05, 0.1) is 11.6 Å². The number of nitrogens with zero attached hydrogens (tertiary/aromatic N) is 1. The second-order valence-corrected chi connectivity index (χ2v) is 4.03. The second-order valence-electron chi connectivity index (χ2n) is 4.03. The van der Waals surface area contributed by atoms with Gasteiger partial charge in [-0.25, -0.2) is 4.39 Å². The maximum absolute atomic E-state index is 13.5. The molecule has 3 heteroatoms. The molecule has 0 aliphatic carbocycles. The lowest BCUT2D eigenvalue weighted by Crippen LogP contribution is -2.07. The van der Waals surface area contributed by atoms with Gasteiger partial charge in [0, 0.05) is 12.1 Å². The van der Waals surface area contributed by atoms with Gasteiger partial charge in [-0.15, -0.1) is 0 Å². The zero-order valence-corrected chi connectivity index (χ0v) is 10.1. The van der Waals surface area contributed by atoms with Crippen molar-refractivity contribution in [2.75, 3.05) is 7.05 Å². The standard InChI is InChI=1S/C15H13FN2/c1-18-10-14-8-13(5-6-15(14)16)12-4-2-3-11(7-12)9-17/h2-8,18H,10H2,1H3. The quantitative estimate of drug-likeness (QED) is 0.894. The van der Waals surface area contributed by atoms with Crippen molar-refractivity contribution in [3.8, 4) is 17.2 Å². The van der Waals surface area contributed by atoms with Crippen LogP contribution in [0.5, 0.6) is 0 Å². The van der Waals surface area contributed by atoms with Gasteiger partial charge in [0.25, 0.3) is 0 Å². The van der Waals surface area contributed by atoms with E-state index in [9.17, 15) is 4.39 Å². The first-order valence-corrected chi connectivity index (χ1v) is 5.68. The number of hydrogen-bond acceptors (Lipinski definition) is 2. The highest BCUT2D eigenvalue weighted by atomic mass is 19.1. The molecule has 2 aromatic rings. The number of nitriles is 1. The predicted octanol–water partition coefficient (Wildman–Crippen LogP) is 3.08. The summed E-state index contributed by atoms with van der Waals surface area (Å²) in [6.45, 7) is 0.484. The van der Waals surface area contributed by atoms with Gasteiger partial charge < -0.3 is 5.32 Å². The van der Waals surface area contributed by atoms with E-state index in [1.807, 2.05) is 18.2 Å². The summed E-state index contributed by atoms with van der Waals surface area (Å²) in [5.41, 5.74) is 3.06. The number of halogens is 1. The third kappa shape index (κ3) is 2.55. The Hall–Kier alpha value is -2.18. The Bertz CT molecular complexity index is 600. The maximum Gasteiger partial charge on any atom is 0.127 e. The molecule has 0 bridgehead atoms. The first kappa shape index (κ1) is 12.3. The zero-order chi connectivity index (χ0) is 13.0. The molecular weight excluding hydrogens is 227 g/mol. The fraction of sp³-hybridized carbons (Fsp3) is 0.133. The average molecular weight is 240 g/mol. The Morgan fingerprint density at radius 2 is 1.94 bits per heavy atom. The van der Waals surface area contributed by atoms with Crippen molar-refractivity contribution >= 4 is 0 Å². The number of benzene rings is 2. The van der Waals surface area contributed by atoms with E-state index >= 15 is 0 Å². The summed E-state index contributed by atoms with van der Waals surface area (Å²) < 4.78 is 13.5. The zero-order valence-electron chi connectivity index (χ0n) is 10.1. The van der Waals surface area contributed by atoms with Gasteiger partial charge in [-0.05, 0) is 42.4 Å². The van der Waals surface area contributed by atoms with Crippen LogP contribution in [0.15, 0.2) is 42.5 Å². The van der Waals surface area contributed by atoms with E-state index in [1.54, 1.807) is 25.2 Å². The number of nitrogens with one attached hydrogen (secondary N) is 1. The summed E-state index contributed by atoms with van der Waals surface area (Å²) in [7, 11) is 1.78. The average Bonchev–Trinajstić information content (AvgIpc) is 2.41. The summed E-state index contributed by atoms with van der Waals surface area (Å²) in [4.78, 5) is 0. The molecule has 0 saturated heterocycles. The van der Waals surface area contributed by atoms with Gasteiger partial charge >= 0.3 is 0 Å². The molecule has 0 fully saturated rings. The molecule has 0 aliphatic rings. The van der Waals surface area contributed by atoms with Crippen LogP contribution in [0.4, 0.5) is 4.39 Å². The minimum atomic E-state index is -0.218. The van der Waals surface area contributed by atoms with Crippen LogP contribution in [0.2, 0.25) is 0 Å². The smallest absolute Gasteiger partial charge is 0.127 e. The van der Waals surface area contributed by atoms with Gasteiger partial charge in [-0.2, -0.15) is 5.26 Å². The molecule has 18 heavy (non-hydrogen) atoms. The predicted molar refractivity (Wildman–Crippen MR) is 69.3 cm³/mol. The number of hydrogen-bond donors (Lipinski definition) is 1. The molecule has 0 aliphatic heterocycles. The fourth-order valence-electron chi connectivity index (χ4n) is 1.85. The van der Waals surface area contributed by atoms with Gasteiger partial charge in [-0.1, -0.05) is 18.2 Å². The lowest BCUT2D eigenvalue weighted by Gasteiger charge is -2.07. The molecule has 0 aromatic heterocycles. The van der Waals surface area contributed by atoms with Crippen molar-refractivity contribution in [2.45, 2.75) is 6.54 Å². The van der Waals surface area contributed by atoms with Crippen LogP contribution in [0.1, 0.15) is 11.1 Å². The molecule has 0 radical (unpaired) electrons. The summed E-state index contributed by atoms with van der Waals surface area (Å²) in [5.74, 6) is -0.218. The summed E-state index contributed by atoms with van der Waals surface area (Å²) in [6.07, 6.45) is 0. The summed E-state index contributed by atoms with van der Waals surface area (Å²) >= 11 is 0. The third-order valence-electron chi connectivity index (χ3n) is 2.74. The molecule has 2 aromatic carbocycles. The Labute approximate surface area is 106 Å². The van der Waals surface area contributed by atoms with Crippen LogP contribution in [-0.2, 0) is 6.54 Å². The van der Waals surface area contributed by atoms with E-state index < -0.39 is 0 Å². The van der Waals surface area contributed by atoms with E-state index in [4.69, 9.17) is 5.26 Å². The highest BCUT2D eigenvalue weighted by Crippen LogP contribution is 2.23. The monoisotopic (exact) mass is 240 g/mol. The number of rotatable bonds is 3. The Balaban J connectivity index is 2.44. The van der Waals surface area contributed by atoms with E-state index in [2.05, 4.69) is 11.4 Å². The Morgan fingerprint density at radius 3 is 2.67 bits per heavy atom. The van der Waals surface area contributed by atoms with Crippen LogP contribution in [-0.4, -0.2) is 7.05 Å². The molecular formula is C15H13FN2. The third-order valence-corrected chi connectivity index (χ3v) is 2.74. The molecule has 0 atom stereocenters. The van der Waals surface area contributed by atoms with Crippen LogP contribution in [0.3, 0.4) is 0 Å². The topological polar surface area (TPSA) is 35.8 Å². The molecule has 1 N–H and O–H groups in total. The van der Waals surface area contributed by atoms with Crippen molar-refractivity contribution in [2.24, 2.45) is 0 Å².